The van der Waals surface area contributed by atoms with Crippen LogP contribution in [0.3, 0.4) is 0 Å². The maximum absolute atomic E-state index is 11.1. The first kappa shape index (κ1) is 15.2. The maximum atomic E-state index is 11.1. The number of hydrogen-bond acceptors (Lipinski definition) is 4. The normalized spacial score (nSPS) is 12.6. The van der Waals surface area contributed by atoms with Crippen molar-refractivity contribution in [1.29, 1.82) is 0 Å². The van der Waals surface area contributed by atoms with Crippen molar-refractivity contribution in [2.45, 2.75) is 40.2 Å². The van der Waals surface area contributed by atoms with Gasteiger partial charge in [-0.15, -0.1) is 5.10 Å². The molecule has 2 aromatic rings. The highest BCUT2D eigenvalue weighted by molar-refractivity contribution is 5.68. The van der Waals surface area contributed by atoms with Gasteiger partial charge in [0.2, 0.25) is 0 Å². The van der Waals surface area contributed by atoms with E-state index in [4.69, 9.17) is 5.11 Å². The van der Waals surface area contributed by atoms with Gasteiger partial charge in [-0.05, 0) is 41.3 Å². The molecule has 1 atom stereocenters. The molecule has 6 heteroatoms. The lowest BCUT2D eigenvalue weighted by atomic mass is 9.99. The fourth-order valence-corrected chi connectivity index (χ4v) is 2.37. The summed E-state index contributed by atoms with van der Waals surface area (Å²) in [6.07, 6.45) is 0.000565. The zero-order valence-corrected chi connectivity index (χ0v) is 12.7. The second kappa shape index (κ2) is 6.03. The molecule has 0 saturated heterocycles. The third-order valence-corrected chi connectivity index (χ3v) is 3.81. The SMILES string of the molecule is Cc1cccc(-c2nnnn2C(CC(=O)O)C(C)C)c1C. The van der Waals surface area contributed by atoms with Gasteiger partial charge in [0.15, 0.2) is 5.82 Å². The maximum Gasteiger partial charge on any atom is 0.305 e. The van der Waals surface area contributed by atoms with Crippen molar-refractivity contribution in [3.63, 3.8) is 0 Å². The van der Waals surface area contributed by atoms with Crippen LogP contribution in [-0.2, 0) is 4.79 Å². The Morgan fingerprint density at radius 2 is 2.05 bits per heavy atom. The van der Waals surface area contributed by atoms with Crippen molar-refractivity contribution < 1.29 is 9.90 Å². The van der Waals surface area contributed by atoms with Gasteiger partial charge in [-0.3, -0.25) is 4.79 Å². The van der Waals surface area contributed by atoms with Crippen molar-refractivity contribution >= 4 is 5.97 Å². The van der Waals surface area contributed by atoms with E-state index in [0.717, 1.165) is 16.7 Å². The van der Waals surface area contributed by atoms with Crippen molar-refractivity contribution in [3.8, 4) is 11.4 Å². The van der Waals surface area contributed by atoms with Crippen LogP contribution in [0.1, 0.15) is 37.4 Å². The number of hydrogen-bond donors (Lipinski definition) is 1. The quantitative estimate of drug-likeness (QED) is 0.914. The molecule has 0 spiro atoms. The molecule has 21 heavy (non-hydrogen) atoms. The van der Waals surface area contributed by atoms with Crippen molar-refractivity contribution in [3.05, 3.63) is 29.3 Å². The van der Waals surface area contributed by atoms with Crippen LogP contribution in [0.5, 0.6) is 0 Å². The first-order valence-electron chi connectivity index (χ1n) is 6.98. The number of aryl methyl sites for hydroxylation is 1. The summed E-state index contributed by atoms with van der Waals surface area (Å²) >= 11 is 0. The van der Waals surface area contributed by atoms with Crippen LogP contribution in [-0.4, -0.2) is 31.3 Å². The molecule has 0 fully saturated rings. The van der Waals surface area contributed by atoms with Crippen LogP contribution < -0.4 is 0 Å². The van der Waals surface area contributed by atoms with Crippen LogP contribution >= 0.6 is 0 Å². The van der Waals surface area contributed by atoms with Gasteiger partial charge in [-0.25, -0.2) is 4.68 Å². The molecule has 112 valence electrons. The van der Waals surface area contributed by atoms with Gasteiger partial charge in [0.1, 0.15) is 0 Å². The summed E-state index contributed by atoms with van der Waals surface area (Å²) in [5.41, 5.74) is 3.20. The summed E-state index contributed by atoms with van der Waals surface area (Å²) in [5.74, 6) is -0.110. The molecule has 0 aliphatic carbocycles. The molecule has 1 N–H and O–H groups in total. The zero-order valence-electron chi connectivity index (χ0n) is 12.7. The van der Waals surface area contributed by atoms with Crippen LogP contribution in [0.15, 0.2) is 18.2 Å². The van der Waals surface area contributed by atoms with E-state index < -0.39 is 5.97 Å². The number of carboxylic acids is 1. The fraction of sp³-hybridized carbons (Fsp3) is 0.467. The second-order valence-electron chi connectivity index (χ2n) is 5.60. The Bertz CT molecular complexity index is 649. The molecular formula is C15H20N4O2. The minimum atomic E-state index is -0.851. The molecule has 0 radical (unpaired) electrons. The van der Waals surface area contributed by atoms with E-state index in [9.17, 15) is 4.79 Å². The lowest BCUT2D eigenvalue weighted by Gasteiger charge is -2.20. The van der Waals surface area contributed by atoms with Crippen LogP contribution in [0.25, 0.3) is 11.4 Å². The van der Waals surface area contributed by atoms with E-state index in [1.54, 1.807) is 4.68 Å². The third kappa shape index (κ3) is 3.09. The van der Waals surface area contributed by atoms with Gasteiger partial charge in [0.25, 0.3) is 0 Å². The predicted octanol–water partition coefficient (Wildman–Crippen LogP) is 2.63. The number of carbonyl (C=O) groups is 1. The van der Waals surface area contributed by atoms with Crippen molar-refractivity contribution in [1.82, 2.24) is 20.2 Å². The summed E-state index contributed by atoms with van der Waals surface area (Å²) in [5, 5.41) is 21.0. The average Bonchev–Trinajstić information content (AvgIpc) is 2.87. The molecule has 1 aromatic heterocycles. The Balaban J connectivity index is 2.51. The summed E-state index contributed by atoms with van der Waals surface area (Å²) in [6.45, 7) is 8.00. The van der Waals surface area contributed by atoms with E-state index in [-0.39, 0.29) is 18.4 Å². The van der Waals surface area contributed by atoms with Crippen LogP contribution in [0.4, 0.5) is 0 Å². The molecule has 0 aliphatic heterocycles. The van der Waals surface area contributed by atoms with Gasteiger partial charge in [-0.2, -0.15) is 0 Å². The largest absolute Gasteiger partial charge is 0.481 e. The minimum absolute atomic E-state index is 0.000565. The first-order valence-corrected chi connectivity index (χ1v) is 6.98. The number of aliphatic carboxylic acids is 1. The lowest BCUT2D eigenvalue weighted by Crippen LogP contribution is -2.21. The number of tetrazole rings is 1. The fourth-order valence-electron chi connectivity index (χ4n) is 2.37. The number of benzene rings is 1. The molecule has 2 rings (SSSR count). The molecule has 1 unspecified atom stereocenters. The van der Waals surface area contributed by atoms with Crippen molar-refractivity contribution in [2.24, 2.45) is 5.92 Å². The highest BCUT2D eigenvalue weighted by atomic mass is 16.4. The number of rotatable bonds is 5. The topological polar surface area (TPSA) is 80.9 Å². The Hall–Kier alpha value is -2.24. The van der Waals surface area contributed by atoms with E-state index in [1.807, 2.05) is 45.9 Å². The van der Waals surface area contributed by atoms with E-state index >= 15 is 0 Å². The monoisotopic (exact) mass is 288 g/mol. The van der Waals surface area contributed by atoms with E-state index in [1.165, 1.54) is 0 Å². The molecule has 1 heterocycles. The number of carboxylic acid groups (broad SMARTS) is 1. The van der Waals surface area contributed by atoms with Gasteiger partial charge in [0, 0.05) is 5.56 Å². The predicted molar refractivity (Wildman–Crippen MR) is 78.9 cm³/mol. The number of aromatic nitrogens is 4. The molecule has 1 aromatic carbocycles. The highest BCUT2D eigenvalue weighted by Gasteiger charge is 2.24. The van der Waals surface area contributed by atoms with E-state index in [0.29, 0.717) is 5.82 Å². The second-order valence-corrected chi connectivity index (χ2v) is 5.60. The summed E-state index contributed by atoms with van der Waals surface area (Å²) in [4.78, 5) is 11.1. The Labute approximate surface area is 123 Å². The average molecular weight is 288 g/mol. The Morgan fingerprint density at radius 3 is 2.67 bits per heavy atom. The summed E-state index contributed by atoms with van der Waals surface area (Å²) < 4.78 is 1.64. The molecule has 0 amide bonds. The third-order valence-electron chi connectivity index (χ3n) is 3.81. The van der Waals surface area contributed by atoms with Gasteiger partial charge < -0.3 is 5.11 Å². The minimum Gasteiger partial charge on any atom is -0.481 e. The first-order chi connectivity index (χ1) is 9.91. The summed E-state index contributed by atoms with van der Waals surface area (Å²) in [6, 6.07) is 5.68. The molecule has 0 bridgehead atoms. The molecule has 0 aliphatic rings. The number of nitrogens with zero attached hydrogens (tertiary/aromatic N) is 4. The summed E-state index contributed by atoms with van der Waals surface area (Å²) in [7, 11) is 0. The van der Waals surface area contributed by atoms with Crippen LogP contribution in [0, 0.1) is 19.8 Å². The highest BCUT2D eigenvalue weighted by Crippen LogP contribution is 2.29. The smallest absolute Gasteiger partial charge is 0.305 e. The van der Waals surface area contributed by atoms with Gasteiger partial charge in [0.05, 0.1) is 12.5 Å². The molecule has 6 nitrogen and oxygen atoms in total. The standard InChI is InChI=1S/C15H20N4O2/c1-9(2)13(8-14(20)21)19-15(16-17-18-19)12-7-5-6-10(3)11(12)4/h5-7,9,13H,8H2,1-4H3,(H,20,21). The van der Waals surface area contributed by atoms with Crippen molar-refractivity contribution in [2.75, 3.05) is 0 Å². The van der Waals surface area contributed by atoms with Crippen LogP contribution in [0.2, 0.25) is 0 Å². The zero-order chi connectivity index (χ0) is 15.6. The van der Waals surface area contributed by atoms with E-state index in [2.05, 4.69) is 15.5 Å². The Kier molecular flexibility index (Phi) is 4.35. The lowest BCUT2D eigenvalue weighted by molar-refractivity contribution is -0.138. The van der Waals surface area contributed by atoms with Gasteiger partial charge >= 0.3 is 5.97 Å². The Morgan fingerprint density at radius 1 is 1.33 bits per heavy atom. The molecular weight excluding hydrogens is 268 g/mol. The molecule has 0 saturated carbocycles. The van der Waals surface area contributed by atoms with Gasteiger partial charge in [-0.1, -0.05) is 32.0 Å².